The van der Waals surface area contributed by atoms with Gasteiger partial charge in [0, 0.05) is 31.1 Å². The molecule has 0 bridgehead atoms. The third-order valence-electron chi connectivity index (χ3n) is 4.14. The van der Waals surface area contributed by atoms with Gasteiger partial charge in [-0.3, -0.25) is 4.79 Å². The van der Waals surface area contributed by atoms with Crippen LogP contribution >= 0.6 is 0 Å². The Morgan fingerprint density at radius 3 is 2.83 bits per heavy atom. The van der Waals surface area contributed by atoms with Crippen LogP contribution in [0.5, 0.6) is 5.75 Å². The molecule has 6 nitrogen and oxygen atoms in total. The summed E-state index contributed by atoms with van der Waals surface area (Å²) < 4.78 is 5.07. The Morgan fingerprint density at radius 1 is 1.46 bits per heavy atom. The molecule has 1 atom stereocenters. The quantitative estimate of drug-likeness (QED) is 0.618. The Labute approximate surface area is 142 Å². The molecule has 2 rings (SSSR count). The monoisotopic (exact) mass is 329 g/mol. The maximum absolute atomic E-state index is 12.3. The van der Waals surface area contributed by atoms with Crippen LogP contribution in [-0.4, -0.2) is 42.2 Å². The fourth-order valence-electron chi connectivity index (χ4n) is 2.83. The van der Waals surface area contributed by atoms with E-state index < -0.39 is 5.91 Å². The second-order valence-corrected chi connectivity index (χ2v) is 5.74. The van der Waals surface area contributed by atoms with E-state index in [4.69, 9.17) is 4.74 Å². The van der Waals surface area contributed by atoms with Crippen LogP contribution in [0.1, 0.15) is 25.7 Å². The van der Waals surface area contributed by atoms with Crippen LogP contribution in [0.15, 0.2) is 36.0 Å². The van der Waals surface area contributed by atoms with E-state index in [0.29, 0.717) is 17.9 Å². The van der Waals surface area contributed by atoms with E-state index in [0.717, 1.165) is 25.8 Å². The van der Waals surface area contributed by atoms with Crippen LogP contribution in [0, 0.1) is 11.3 Å². The first kappa shape index (κ1) is 17.8. The molecule has 1 amide bonds. The Morgan fingerprint density at radius 2 is 2.21 bits per heavy atom. The molecule has 1 unspecified atom stereocenters. The number of likely N-dealkylation sites (tertiary alicyclic amines) is 1. The summed E-state index contributed by atoms with van der Waals surface area (Å²) in [5, 5.41) is 21.2. The molecule has 2 N–H and O–H groups in total. The summed E-state index contributed by atoms with van der Waals surface area (Å²) in [6, 6.07) is 9.09. The summed E-state index contributed by atoms with van der Waals surface area (Å²) in [6.07, 6.45) is 5.37. The standard InChI is InChI=1S/C18H23N3O3/c1-24-17-7-5-15(6-8-17)20-18(23)14(12-19)13-21-10-3-2-4-16(21)9-11-22/h5-8,13,16,22H,2-4,9-11H2,1H3,(H,20,23)/b14-13-. The molecule has 1 heterocycles. The van der Waals surface area contributed by atoms with Crippen molar-refractivity contribution in [2.24, 2.45) is 0 Å². The lowest BCUT2D eigenvalue weighted by Gasteiger charge is -2.34. The van der Waals surface area contributed by atoms with Gasteiger partial charge in [0.2, 0.25) is 0 Å². The van der Waals surface area contributed by atoms with Gasteiger partial charge in [0.1, 0.15) is 17.4 Å². The van der Waals surface area contributed by atoms with E-state index in [1.165, 1.54) is 0 Å². The number of amides is 1. The van der Waals surface area contributed by atoms with Crippen LogP contribution in [0.3, 0.4) is 0 Å². The topological polar surface area (TPSA) is 85.6 Å². The lowest BCUT2D eigenvalue weighted by molar-refractivity contribution is -0.112. The van der Waals surface area contributed by atoms with Crippen molar-refractivity contribution in [1.29, 1.82) is 5.26 Å². The van der Waals surface area contributed by atoms with Crippen molar-refractivity contribution in [3.05, 3.63) is 36.0 Å². The van der Waals surface area contributed by atoms with Crippen LogP contribution in [0.25, 0.3) is 0 Å². The Balaban J connectivity index is 2.07. The molecule has 1 saturated heterocycles. The third-order valence-corrected chi connectivity index (χ3v) is 4.14. The molecule has 0 spiro atoms. The third kappa shape index (κ3) is 4.74. The van der Waals surface area contributed by atoms with Gasteiger partial charge in [0.25, 0.3) is 5.91 Å². The van der Waals surface area contributed by atoms with Gasteiger partial charge in [-0.1, -0.05) is 0 Å². The molecule has 1 aromatic carbocycles. The van der Waals surface area contributed by atoms with Crippen molar-refractivity contribution in [2.75, 3.05) is 25.6 Å². The highest BCUT2D eigenvalue weighted by Crippen LogP contribution is 2.21. The van der Waals surface area contributed by atoms with Gasteiger partial charge in [-0.05, 0) is 49.9 Å². The minimum atomic E-state index is -0.434. The number of aliphatic hydroxyl groups excluding tert-OH is 1. The van der Waals surface area contributed by atoms with Crippen molar-refractivity contribution in [1.82, 2.24) is 4.90 Å². The number of ether oxygens (including phenoxy) is 1. The summed E-state index contributed by atoms with van der Waals surface area (Å²) in [5.41, 5.74) is 0.670. The summed E-state index contributed by atoms with van der Waals surface area (Å²) in [5.74, 6) is 0.264. The Kier molecular flexibility index (Phi) is 6.64. The number of carbonyl (C=O) groups excluding carboxylic acids is 1. The van der Waals surface area contributed by atoms with Crippen LogP contribution in [0.2, 0.25) is 0 Å². The number of benzene rings is 1. The van der Waals surface area contributed by atoms with E-state index in [1.54, 1.807) is 37.6 Å². The molecule has 1 aliphatic heterocycles. The predicted molar refractivity (Wildman–Crippen MR) is 91.4 cm³/mol. The van der Waals surface area contributed by atoms with Gasteiger partial charge in [0.05, 0.1) is 7.11 Å². The molecule has 0 aromatic heterocycles. The highest BCUT2D eigenvalue weighted by molar-refractivity contribution is 6.06. The number of piperidine rings is 1. The van der Waals surface area contributed by atoms with Crippen LogP contribution < -0.4 is 10.1 Å². The van der Waals surface area contributed by atoms with Crippen LogP contribution in [0.4, 0.5) is 5.69 Å². The molecule has 1 fully saturated rings. The van der Waals surface area contributed by atoms with Crippen LogP contribution in [-0.2, 0) is 4.79 Å². The molecule has 1 aromatic rings. The molecular weight excluding hydrogens is 306 g/mol. The SMILES string of the molecule is COc1ccc(NC(=O)/C(C#N)=C\N2CCCCC2CCO)cc1. The normalized spacial score (nSPS) is 18.0. The molecule has 1 aliphatic rings. The molecule has 6 heteroatoms. The number of methoxy groups -OCH3 is 1. The number of anilines is 1. The molecule has 0 radical (unpaired) electrons. The number of carbonyl (C=O) groups is 1. The average Bonchev–Trinajstić information content (AvgIpc) is 2.61. The Bertz CT molecular complexity index is 617. The minimum absolute atomic E-state index is 0.0654. The van der Waals surface area contributed by atoms with Gasteiger partial charge in [-0.15, -0.1) is 0 Å². The first-order valence-corrected chi connectivity index (χ1v) is 8.12. The van der Waals surface area contributed by atoms with Crippen molar-refractivity contribution in [2.45, 2.75) is 31.7 Å². The fourth-order valence-corrected chi connectivity index (χ4v) is 2.83. The van der Waals surface area contributed by atoms with Gasteiger partial charge in [-0.2, -0.15) is 5.26 Å². The minimum Gasteiger partial charge on any atom is -0.497 e. The zero-order valence-electron chi connectivity index (χ0n) is 13.9. The number of nitrogens with one attached hydrogen (secondary N) is 1. The molecule has 128 valence electrons. The number of hydrogen-bond acceptors (Lipinski definition) is 5. The summed E-state index contributed by atoms with van der Waals surface area (Å²) >= 11 is 0. The van der Waals surface area contributed by atoms with E-state index in [1.807, 2.05) is 11.0 Å². The maximum Gasteiger partial charge on any atom is 0.267 e. The van der Waals surface area contributed by atoms with E-state index >= 15 is 0 Å². The second-order valence-electron chi connectivity index (χ2n) is 5.74. The fraction of sp³-hybridized carbons (Fsp3) is 0.444. The number of aliphatic hydroxyl groups is 1. The van der Waals surface area contributed by atoms with Gasteiger partial charge in [0.15, 0.2) is 0 Å². The lowest BCUT2D eigenvalue weighted by atomic mass is 10.00. The van der Waals surface area contributed by atoms with E-state index in [9.17, 15) is 15.2 Å². The Hall–Kier alpha value is -2.52. The summed E-state index contributed by atoms with van der Waals surface area (Å²) in [7, 11) is 1.57. The zero-order chi connectivity index (χ0) is 17.4. The van der Waals surface area contributed by atoms with Crippen molar-refractivity contribution in [3.63, 3.8) is 0 Å². The van der Waals surface area contributed by atoms with E-state index in [-0.39, 0.29) is 18.2 Å². The number of rotatable bonds is 6. The van der Waals surface area contributed by atoms with Crippen molar-refractivity contribution < 1.29 is 14.6 Å². The molecule has 24 heavy (non-hydrogen) atoms. The molecular formula is C18H23N3O3. The number of nitrogens with zero attached hydrogens (tertiary/aromatic N) is 2. The van der Waals surface area contributed by atoms with Crippen molar-refractivity contribution in [3.8, 4) is 11.8 Å². The zero-order valence-corrected chi connectivity index (χ0v) is 13.9. The maximum atomic E-state index is 12.3. The largest absolute Gasteiger partial charge is 0.497 e. The number of nitriles is 1. The first-order chi connectivity index (χ1) is 11.7. The van der Waals surface area contributed by atoms with Gasteiger partial charge < -0.3 is 20.1 Å². The lowest BCUT2D eigenvalue weighted by Crippen LogP contribution is -2.37. The highest BCUT2D eigenvalue weighted by Gasteiger charge is 2.21. The predicted octanol–water partition coefficient (Wildman–Crippen LogP) is 2.28. The van der Waals surface area contributed by atoms with Gasteiger partial charge >= 0.3 is 0 Å². The molecule has 0 saturated carbocycles. The van der Waals surface area contributed by atoms with Gasteiger partial charge in [-0.25, -0.2) is 0 Å². The molecule has 0 aliphatic carbocycles. The smallest absolute Gasteiger partial charge is 0.267 e. The summed E-state index contributed by atoms with van der Waals surface area (Å²) in [4.78, 5) is 14.3. The highest BCUT2D eigenvalue weighted by atomic mass is 16.5. The summed E-state index contributed by atoms with van der Waals surface area (Å²) in [6.45, 7) is 0.903. The van der Waals surface area contributed by atoms with Crippen molar-refractivity contribution >= 4 is 11.6 Å². The first-order valence-electron chi connectivity index (χ1n) is 8.12. The second kappa shape index (κ2) is 8.94. The van der Waals surface area contributed by atoms with E-state index in [2.05, 4.69) is 5.32 Å². The average molecular weight is 329 g/mol. The number of hydrogen-bond donors (Lipinski definition) is 2.